The first kappa shape index (κ1) is 30.0. The van der Waals surface area contributed by atoms with Crippen LogP contribution in [0.15, 0.2) is 84.2 Å². The number of hydrogen-bond donors (Lipinski definition) is 0. The Morgan fingerprint density at radius 1 is 0.933 bits per heavy atom. The second-order valence-corrected chi connectivity index (χ2v) is 11.3. The molecule has 5 aromatic rings. The van der Waals surface area contributed by atoms with Crippen LogP contribution in [-0.4, -0.2) is 47.8 Å². The van der Waals surface area contributed by atoms with Crippen molar-refractivity contribution in [1.29, 1.82) is 0 Å². The van der Waals surface area contributed by atoms with E-state index < -0.39 is 0 Å². The zero-order valence-corrected chi connectivity index (χ0v) is 25.6. The van der Waals surface area contributed by atoms with Crippen LogP contribution in [0.1, 0.15) is 34.3 Å². The van der Waals surface area contributed by atoms with Gasteiger partial charge in [0.1, 0.15) is 5.75 Å². The van der Waals surface area contributed by atoms with E-state index in [1.165, 1.54) is 0 Å². The number of methoxy groups -OCH3 is 2. The van der Waals surface area contributed by atoms with Gasteiger partial charge in [-0.25, -0.2) is 4.98 Å². The van der Waals surface area contributed by atoms with Crippen LogP contribution in [0.25, 0.3) is 22.0 Å². The van der Waals surface area contributed by atoms with Crippen LogP contribution in [0.4, 0.5) is 0 Å². The quantitative estimate of drug-likeness (QED) is 0.168. The lowest BCUT2D eigenvalue weighted by Gasteiger charge is -2.23. The van der Waals surface area contributed by atoms with E-state index in [2.05, 4.69) is 9.97 Å². The van der Waals surface area contributed by atoms with E-state index in [-0.39, 0.29) is 23.2 Å². The van der Waals surface area contributed by atoms with Crippen LogP contribution < -0.4 is 19.6 Å². The molecule has 230 valence electrons. The minimum Gasteiger partial charge on any atom is -0.493 e. The third-order valence-corrected chi connectivity index (χ3v) is 8.14. The second-order valence-electron chi connectivity index (χ2n) is 11.3. The molecule has 6 rings (SSSR count). The zero-order chi connectivity index (χ0) is 31.3. The van der Waals surface area contributed by atoms with Gasteiger partial charge in [0, 0.05) is 74.0 Å². The number of Topliss-reactive ketones (excluding diaryl/α,β-unsaturated/α-hetero) is 1. The molecule has 0 saturated carbocycles. The van der Waals surface area contributed by atoms with Gasteiger partial charge in [-0.05, 0) is 48.9 Å². The molecule has 0 atom stereocenters. The summed E-state index contributed by atoms with van der Waals surface area (Å²) in [6.07, 6.45) is 8.77. The van der Waals surface area contributed by atoms with Gasteiger partial charge in [0.05, 0.1) is 25.3 Å². The van der Waals surface area contributed by atoms with Crippen molar-refractivity contribution in [3.8, 4) is 34.3 Å². The first-order valence-electron chi connectivity index (χ1n) is 15.0. The van der Waals surface area contributed by atoms with Gasteiger partial charge in [0.25, 0.3) is 0 Å². The minimum atomic E-state index is -0.267. The third-order valence-electron chi connectivity index (χ3n) is 8.14. The maximum atomic E-state index is 13.7. The van der Waals surface area contributed by atoms with Gasteiger partial charge < -0.3 is 23.5 Å². The second kappa shape index (κ2) is 13.3. The van der Waals surface area contributed by atoms with Gasteiger partial charge >= 0.3 is 0 Å². The number of ketones is 1. The Hall–Kier alpha value is -5.02. The van der Waals surface area contributed by atoms with Gasteiger partial charge in [0.15, 0.2) is 22.7 Å². The summed E-state index contributed by atoms with van der Waals surface area (Å²) in [5.74, 6) is 2.20. The molecule has 1 aliphatic heterocycles. The number of hydrogen-bond acceptors (Lipinski definition) is 8. The molecule has 3 aromatic heterocycles. The molecule has 9 heteroatoms. The Kier molecular flexibility index (Phi) is 8.89. The normalized spacial score (nSPS) is 13.5. The van der Waals surface area contributed by atoms with Crippen molar-refractivity contribution in [2.45, 2.75) is 32.7 Å². The van der Waals surface area contributed by atoms with Crippen LogP contribution in [0.5, 0.6) is 23.1 Å². The topological polar surface area (TPSA) is 102 Å². The maximum absolute atomic E-state index is 13.7. The van der Waals surface area contributed by atoms with Crippen molar-refractivity contribution in [3.05, 3.63) is 106 Å². The van der Waals surface area contributed by atoms with E-state index in [1.54, 1.807) is 57.1 Å². The van der Waals surface area contributed by atoms with E-state index in [0.717, 1.165) is 49.1 Å². The molecule has 0 aliphatic carbocycles. The van der Waals surface area contributed by atoms with Crippen LogP contribution >= 0.6 is 0 Å². The van der Waals surface area contributed by atoms with Crippen LogP contribution in [0.2, 0.25) is 0 Å². The smallest absolute Gasteiger partial charge is 0.219 e. The monoisotopic (exact) mass is 605 g/mol. The fraction of sp³-hybridized carbons (Fsp3) is 0.278. The number of nitrogens with zero attached hydrogens (tertiary/aromatic N) is 3. The first-order chi connectivity index (χ1) is 21.9. The van der Waals surface area contributed by atoms with E-state index in [4.69, 9.17) is 18.9 Å². The number of benzene rings is 2. The summed E-state index contributed by atoms with van der Waals surface area (Å²) in [5, 5.41) is 0.738. The molecule has 1 fully saturated rings. The summed E-state index contributed by atoms with van der Waals surface area (Å²) in [4.78, 5) is 36.2. The number of aromatic nitrogens is 3. The molecule has 0 N–H and O–H groups in total. The number of carbonyl (C=O) groups is 1. The number of fused-ring (bicyclic) bond motifs is 1. The molecule has 0 bridgehead atoms. The fourth-order valence-corrected chi connectivity index (χ4v) is 5.61. The fourth-order valence-electron chi connectivity index (χ4n) is 5.61. The van der Waals surface area contributed by atoms with Gasteiger partial charge in [-0.15, -0.1) is 0 Å². The van der Waals surface area contributed by atoms with Crippen LogP contribution in [0, 0.1) is 12.8 Å². The zero-order valence-electron chi connectivity index (χ0n) is 25.6. The predicted octanol–water partition coefficient (Wildman–Crippen LogP) is 6.43. The maximum Gasteiger partial charge on any atom is 0.219 e. The van der Waals surface area contributed by atoms with Gasteiger partial charge in [-0.3, -0.25) is 14.6 Å². The lowest BCUT2D eigenvalue weighted by molar-refractivity contribution is 0.0612. The molecular weight excluding hydrogens is 570 g/mol. The van der Waals surface area contributed by atoms with Gasteiger partial charge in [0.2, 0.25) is 5.88 Å². The van der Waals surface area contributed by atoms with E-state index in [0.29, 0.717) is 45.7 Å². The predicted molar refractivity (Wildman–Crippen MR) is 172 cm³/mol. The molecule has 45 heavy (non-hydrogen) atoms. The van der Waals surface area contributed by atoms with E-state index >= 15 is 0 Å². The molecule has 2 aromatic carbocycles. The molecule has 1 saturated heterocycles. The lowest BCUT2D eigenvalue weighted by Crippen LogP contribution is -2.25. The van der Waals surface area contributed by atoms with Crippen molar-refractivity contribution < 1.29 is 23.7 Å². The number of aryl methyl sites for hydroxylation is 1. The van der Waals surface area contributed by atoms with Crippen molar-refractivity contribution in [3.63, 3.8) is 0 Å². The Bertz CT molecular complexity index is 1880. The average Bonchev–Trinajstić information content (AvgIpc) is 3.06. The molecule has 4 heterocycles. The first-order valence-corrected chi connectivity index (χ1v) is 15.0. The van der Waals surface area contributed by atoms with Crippen LogP contribution in [-0.2, 0) is 17.7 Å². The standard InChI is InChI=1S/C36H35N3O6/c1-23-4-7-26(8-5-23)28-21-39(20-24-11-14-44-15-12-24)22-29(36(28)41)31(40)16-25-6-9-35(38-19-25)45-32-10-13-37-30-18-34(43-3)33(42-2)17-27(30)32/h4-10,13,17-19,21-22,24H,11-12,14-16,20H2,1-3H3. The highest BCUT2D eigenvalue weighted by Crippen LogP contribution is 2.36. The molecule has 0 radical (unpaired) electrons. The van der Waals surface area contributed by atoms with Crippen molar-refractivity contribution in [1.82, 2.24) is 14.5 Å². The van der Waals surface area contributed by atoms with E-state index in [1.807, 2.05) is 48.0 Å². The highest BCUT2D eigenvalue weighted by Gasteiger charge is 2.20. The lowest BCUT2D eigenvalue weighted by atomic mass is 9.98. The van der Waals surface area contributed by atoms with Gasteiger partial charge in [-0.1, -0.05) is 35.9 Å². The number of pyridine rings is 3. The Morgan fingerprint density at radius 2 is 1.69 bits per heavy atom. The highest BCUT2D eigenvalue weighted by atomic mass is 16.5. The summed E-state index contributed by atoms with van der Waals surface area (Å²) in [6.45, 7) is 4.19. The summed E-state index contributed by atoms with van der Waals surface area (Å²) in [5.41, 5.74) is 3.69. The summed E-state index contributed by atoms with van der Waals surface area (Å²) < 4.78 is 24.5. The number of carbonyl (C=O) groups excluding carboxylic acids is 1. The minimum absolute atomic E-state index is 0.0340. The Balaban J connectivity index is 1.24. The van der Waals surface area contributed by atoms with E-state index in [9.17, 15) is 9.59 Å². The highest BCUT2D eigenvalue weighted by molar-refractivity contribution is 5.98. The van der Waals surface area contributed by atoms with Crippen LogP contribution in [0.3, 0.4) is 0 Å². The number of ether oxygens (including phenoxy) is 4. The third kappa shape index (κ3) is 6.73. The summed E-state index contributed by atoms with van der Waals surface area (Å²) >= 11 is 0. The molecule has 0 spiro atoms. The molecule has 0 amide bonds. The molecule has 9 nitrogen and oxygen atoms in total. The van der Waals surface area contributed by atoms with Gasteiger partial charge in [-0.2, -0.15) is 0 Å². The van der Waals surface area contributed by atoms with Crippen molar-refractivity contribution in [2.75, 3.05) is 27.4 Å². The van der Waals surface area contributed by atoms with Crippen molar-refractivity contribution in [2.24, 2.45) is 5.92 Å². The Morgan fingerprint density at radius 3 is 2.40 bits per heavy atom. The summed E-state index contributed by atoms with van der Waals surface area (Å²) in [7, 11) is 3.15. The van der Waals surface area contributed by atoms with Crippen molar-refractivity contribution >= 4 is 16.7 Å². The summed E-state index contributed by atoms with van der Waals surface area (Å²) in [6, 6.07) is 16.7. The molecular formula is C36H35N3O6. The average molecular weight is 606 g/mol. The largest absolute Gasteiger partial charge is 0.493 e. The number of rotatable bonds is 10. The molecule has 0 unspecified atom stereocenters. The molecule has 1 aliphatic rings. The Labute approximate surface area is 261 Å². The SMILES string of the molecule is COc1cc2nccc(Oc3ccc(CC(=O)c4cn(CC5CCOCC5)cc(-c5ccc(C)cc5)c4=O)cn3)c2cc1OC.